The fourth-order valence-corrected chi connectivity index (χ4v) is 3.77. The van der Waals surface area contributed by atoms with E-state index in [-0.39, 0.29) is 24.0 Å². The minimum atomic E-state index is -0.647. The molecule has 130 valence electrons. The number of aliphatic imine (C=N–C) groups is 1. The van der Waals surface area contributed by atoms with Crippen molar-refractivity contribution >= 4 is 29.9 Å². The second-order valence-corrected chi connectivity index (χ2v) is 6.98. The maximum atomic E-state index is 10.4. The fourth-order valence-electron chi connectivity index (χ4n) is 3.77. The number of likely N-dealkylation sites (tertiary alicyclic amines) is 1. The lowest BCUT2D eigenvalue weighted by atomic mass is 9.86. The Morgan fingerprint density at radius 2 is 1.82 bits per heavy atom. The first-order valence-electron chi connectivity index (χ1n) is 8.82. The summed E-state index contributed by atoms with van der Waals surface area (Å²) in [5, 5.41) is 13.9. The van der Waals surface area contributed by atoms with Crippen LogP contribution in [0.4, 0.5) is 0 Å². The van der Waals surface area contributed by atoms with Crippen molar-refractivity contribution in [3.05, 3.63) is 0 Å². The zero-order valence-corrected chi connectivity index (χ0v) is 16.9. The van der Waals surface area contributed by atoms with Crippen LogP contribution in [0.1, 0.15) is 65.7 Å². The lowest BCUT2D eigenvalue weighted by molar-refractivity contribution is 0.0416. The highest BCUT2D eigenvalue weighted by molar-refractivity contribution is 14.0. The van der Waals surface area contributed by atoms with Crippen molar-refractivity contribution in [2.24, 2.45) is 10.4 Å². The van der Waals surface area contributed by atoms with Gasteiger partial charge in [0.05, 0.1) is 12.1 Å². The Balaban J connectivity index is 0.00000242. The van der Waals surface area contributed by atoms with Gasteiger partial charge < -0.3 is 15.3 Å². The molecule has 2 rings (SSSR count). The molecule has 2 N–H and O–H groups in total. The van der Waals surface area contributed by atoms with E-state index in [1.807, 2.05) is 13.8 Å². The number of nitrogens with one attached hydrogen (secondary N) is 1. The Morgan fingerprint density at radius 1 is 1.18 bits per heavy atom. The topological polar surface area (TPSA) is 47.9 Å². The van der Waals surface area contributed by atoms with Crippen LogP contribution in [-0.2, 0) is 0 Å². The molecule has 0 aromatic heterocycles. The van der Waals surface area contributed by atoms with Gasteiger partial charge in [-0.05, 0) is 44.4 Å². The largest absolute Gasteiger partial charge is 0.388 e. The van der Waals surface area contributed by atoms with Gasteiger partial charge in [0.25, 0.3) is 0 Å². The zero-order chi connectivity index (χ0) is 15.3. The van der Waals surface area contributed by atoms with Crippen LogP contribution in [0.2, 0.25) is 0 Å². The minimum Gasteiger partial charge on any atom is -0.388 e. The molecule has 0 atom stereocenters. The molecule has 0 radical (unpaired) electrons. The van der Waals surface area contributed by atoms with Crippen LogP contribution in [0.25, 0.3) is 0 Å². The number of halogens is 1. The summed E-state index contributed by atoms with van der Waals surface area (Å²) in [6.45, 7) is 9.84. The first kappa shape index (κ1) is 20.0. The van der Waals surface area contributed by atoms with Crippen LogP contribution in [0.15, 0.2) is 4.99 Å². The summed E-state index contributed by atoms with van der Waals surface area (Å²) in [5.41, 5.74) is -0.0898. The molecule has 22 heavy (non-hydrogen) atoms. The summed E-state index contributed by atoms with van der Waals surface area (Å²) in [6, 6.07) is 0. The summed E-state index contributed by atoms with van der Waals surface area (Å²) >= 11 is 0. The van der Waals surface area contributed by atoms with Gasteiger partial charge in [-0.25, -0.2) is 0 Å². The average Bonchev–Trinajstić information content (AvgIpc) is 3.14. The lowest BCUT2D eigenvalue weighted by Gasteiger charge is -2.28. The molecule has 1 heterocycles. The lowest BCUT2D eigenvalue weighted by Crippen LogP contribution is -2.42. The smallest absolute Gasteiger partial charge is 0.194 e. The molecule has 5 heteroatoms. The molecule has 0 amide bonds. The second-order valence-electron chi connectivity index (χ2n) is 6.98. The summed E-state index contributed by atoms with van der Waals surface area (Å²) in [6.07, 6.45) is 8.39. The van der Waals surface area contributed by atoms with Crippen molar-refractivity contribution in [3.8, 4) is 0 Å². The molecule has 0 aromatic rings. The van der Waals surface area contributed by atoms with E-state index in [1.54, 1.807) is 0 Å². The predicted octanol–water partition coefficient (Wildman–Crippen LogP) is 3.39. The maximum Gasteiger partial charge on any atom is 0.194 e. The molecule has 1 aliphatic carbocycles. The highest BCUT2D eigenvalue weighted by Crippen LogP contribution is 2.45. The van der Waals surface area contributed by atoms with Gasteiger partial charge in [-0.3, -0.25) is 4.99 Å². The fraction of sp³-hybridized carbons (Fsp3) is 0.941. The van der Waals surface area contributed by atoms with Crippen LogP contribution in [-0.4, -0.2) is 47.7 Å². The van der Waals surface area contributed by atoms with Crippen molar-refractivity contribution in [1.82, 2.24) is 10.2 Å². The summed E-state index contributed by atoms with van der Waals surface area (Å²) < 4.78 is 0. The number of nitrogens with zero attached hydrogens (tertiary/aromatic N) is 2. The second kappa shape index (κ2) is 8.71. The van der Waals surface area contributed by atoms with Gasteiger partial charge in [-0.15, -0.1) is 24.0 Å². The standard InChI is InChI=1S/C17H33N3O.HI/c1-4-17(21,5-2)13-19-15(18-6-3)20-12-11-16(14-20)9-7-8-10-16;/h21H,4-14H2,1-3H3,(H,18,19);1H. The summed E-state index contributed by atoms with van der Waals surface area (Å²) in [4.78, 5) is 7.16. The van der Waals surface area contributed by atoms with Crippen LogP contribution in [0.3, 0.4) is 0 Å². The molecule has 0 aromatic carbocycles. The van der Waals surface area contributed by atoms with E-state index in [0.717, 1.165) is 38.4 Å². The molecule has 4 nitrogen and oxygen atoms in total. The van der Waals surface area contributed by atoms with Crippen molar-refractivity contribution in [3.63, 3.8) is 0 Å². The number of hydrogen-bond acceptors (Lipinski definition) is 2. The molecule has 1 aliphatic heterocycles. The van der Waals surface area contributed by atoms with Crippen molar-refractivity contribution < 1.29 is 5.11 Å². The van der Waals surface area contributed by atoms with Gasteiger partial charge in [-0.1, -0.05) is 26.7 Å². The van der Waals surface area contributed by atoms with Crippen molar-refractivity contribution in [2.45, 2.75) is 71.3 Å². The Bertz CT molecular complexity index is 363. The molecular weight excluding hydrogens is 389 g/mol. The molecule has 0 unspecified atom stereocenters. The van der Waals surface area contributed by atoms with Gasteiger partial charge >= 0.3 is 0 Å². The quantitative estimate of drug-likeness (QED) is 0.405. The van der Waals surface area contributed by atoms with Gasteiger partial charge in [0.1, 0.15) is 0 Å². The third kappa shape index (κ3) is 4.73. The Labute approximate surface area is 153 Å². The van der Waals surface area contributed by atoms with Crippen molar-refractivity contribution in [2.75, 3.05) is 26.2 Å². The Hall–Kier alpha value is -0.0400. The molecule has 2 fully saturated rings. The van der Waals surface area contributed by atoms with Gasteiger partial charge in [0.15, 0.2) is 5.96 Å². The van der Waals surface area contributed by atoms with E-state index in [2.05, 4.69) is 17.1 Å². The Morgan fingerprint density at radius 3 is 2.36 bits per heavy atom. The number of guanidine groups is 1. The SMILES string of the molecule is CCNC(=NCC(O)(CC)CC)N1CCC2(CCCC2)C1.I. The number of aliphatic hydroxyl groups is 1. The van der Waals surface area contributed by atoms with Crippen LogP contribution < -0.4 is 5.32 Å². The maximum absolute atomic E-state index is 10.4. The van der Waals surface area contributed by atoms with Crippen LogP contribution in [0, 0.1) is 5.41 Å². The number of rotatable bonds is 5. The van der Waals surface area contributed by atoms with Gasteiger partial charge in [0.2, 0.25) is 0 Å². The highest BCUT2D eigenvalue weighted by Gasteiger charge is 2.41. The van der Waals surface area contributed by atoms with Crippen LogP contribution >= 0.6 is 24.0 Å². The molecule has 1 saturated carbocycles. The third-order valence-electron chi connectivity index (χ3n) is 5.58. The molecule has 0 bridgehead atoms. The van der Waals surface area contributed by atoms with Crippen LogP contribution in [0.5, 0.6) is 0 Å². The van der Waals surface area contributed by atoms with E-state index >= 15 is 0 Å². The van der Waals surface area contributed by atoms with E-state index in [4.69, 9.17) is 4.99 Å². The zero-order valence-electron chi connectivity index (χ0n) is 14.5. The van der Waals surface area contributed by atoms with E-state index in [9.17, 15) is 5.11 Å². The minimum absolute atomic E-state index is 0. The normalized spacial score (nSPS) is 21.3. The summed E-state index contributed by atoms with van der Waals surface area (Å²) in [5.74, 6) is 1.00. The molecule has 2 aliphatic rings. The average molecular weight is 423 g/mol. The monoisotopic (exact) mass is 423 g/mol. The van der Waals surface area contributed by atoms with E-state index in [0.29, 0.717) is 12.0 Å². The first-order valence-corrected chi connectivity index (χ1v) is 8.82. The molecular formula is C17H34IN3O. The van der Waals surface area contributed by atoms with E-state index < -0.39 is 5.60 Å². The van der Waals surface area contributed by atoms with Crippen molar-refractivity contribution in [1.29, 1.82) is 0 Å². The Kier molecular flexibility index (Phi) is 7.92. The highest BCUT2D eigenvalue weighted by atomic mass is 127. The van der Waals surface area contributed by atoms with E-state index in [1.165, 1.54) is 32.1 Å². The predicted molar refractivity (Wildman–Crippen MR) is 104 cm³/mol. The first-order chi connectivity index (χ1) is 10.1. The van der Waals surface area contributed by atoms with Gasteiger partial charge in [0, 0.05) is 19.6 Å². The number of hydrogen-bond donors (Lipinski definition) is 2. The molecule has 1 saturated heterocycles. The van der Waals surface area contributed by atoms with Gasteiger partial charge in [-0.2, -0.15) is 0 Å². The third-order valence-corrected chi connectivity index (χ3v) is 5.58. The summed E-state index contributed by atoms with van der Waals surface area (Å²) in [7, 11) is 0. The molecule has 1 spiro atoms.